The summed E-state index contributed by atoms with van der Waals surface area (Å²) >= 11 is 1.75. The van der Waals surface area contributed by atoms with Crippen LogP contribution in [-0.2, 0) is 4.79 Å². The summed E-state index contributed by atoms with van der Waals surface area (Å²) in [5.74, 6) is 0.226. The maximum Gasteiger partial charge on any atom is 0.253 e. The molecule has 7 heteroatoms. The Morgan fingerprint density at radius 2 is 1.74 bits per heavy atom. The average Bonchev–Trinajstić information content (AvgIpc) is 3.44. The van der Waals surface area contributed by atoms with Gasteiger partial charge in [-0.15, -0.1) is 11.3 Å². The normalized spacial score (nSPS) is 18.7. The van der Waals surface area contributed by atoms with E-state index in [-0.39, 0.29) is 17.9 Å². The van der Waals surface area contributed by atoms with Crippen LogP contribution in [0, 0.1) is 0 Å². The van der Waals surface area contributed by atoms with Gasteiger partial charge in [0.15, 0.2) is 0 Å². The predicted octanol–water partition coefficient (Wildman–Crippen LogP) is 3.94. The predicted molar refractivity (Wildman–Crippen MR) is 124 cm³/mol. The van der Waals surface area contributed by atoms with Gasteiger partial charge in [0.2, 0.25) is 5.91 Å². The zero-order chi connectivity index (χ0) is 21.4. The number of amides is 2. The third-order valence-corrected chi connectivity index (χ3v) is 7.52. The summed E-state index contributed by atoms with van der Waals surface area (Å²) in [5.41, 5.74) is 2.62. The van der Waals surface area contributed by atoms with Gasteiger partial charge in [-0.3, -0.25) is 14.5 Å². The number of rotatable bonds is 4. The number of hydrogen-bond donors (Lipinski definition) is 0. The summed E-state index contributed by atoms with van der Waals surface area (Å²) in [6, 6.07) is 16.0. The monoisotopic (exact) mass is 434 g/mol. The second kappa shape index (κ2) is 8.40. The molecule has 2 aromatic carbocycles. The minimum absolute atomic E-state index is 0.0617. The number of anilines is 1. The van der Waals surface area contributed by atoms with E-state index in [2.05, 4.69) is 30.0 Å². The molecule has 2 saturated heterocycles. The van der Waals surface area contributed by atoms with Crippen LogP contribution in [-0.4, -0.2) is 59.3 Å². The second-order valence-electron chi connectivity index (χ2n) is 8.22. The maximum absolute atomic E-state index is 13.0. The van der Waals surface area contributed by atoms with Gasteiger partial charge in [0.1, 0.15) is 5.01 Å². The van der Waals surface area contributed by atoms with Crippen LogP contribution in [0.15, 0.2) is 48.5 Å². The fourth-order valence-electron chi connectivity index (χ4n) is 4.42. The van der Waals surface area contributed by atoms with Gasteiger partial charge in [-0.2, -0.15) is 0 Å². The molecular formula is C24H26N4O2S. The number of para-hydroxylation sites is 1. The van der Waals surface area contributed by atoms with E-state index in [0.717, 1.165) is 42.3 Å². The lowest BCUT2D eigenvalue weighted by molar-refractivity contribution is -0.117. The number of nitrogens with zero attached hydrogens (tertiary/aromatic N) is 4. The third kappa shape index (κ3) is 3.95. The fourth-order valence-corrected chi connectivity index (χ4v) is 5.48. The van der Waals surface area contributed by atoms with Crippen molar-refractivity contribution in [1.29, 1.82) is 0 Å². The molecule has 0 aliphatic carbocycles. The smallest absolute Gasteiger partial charge is 0.253 e. The zero-order valence-electron chi connectivity index (χ0n) is 17.7. The number of hydrogen-bond acceptors (Lipinski definition) is 5. The van der Waals surface area contributed by atoms with Crippen LogP contribution in [0.3, 0.4) is 0 Å². The molecular weight excluding hydrogens is 408 g/mol. The summed E-state index contributed by atoms with van der Waals surface area (Å²) in [5, 5.41) is 1.13. The Morgan fingerprint density at radius 1 is 1.00 bits per heavy atom. The van der Waals surface area contributed by atoms with Crippen LogP contribution in [0.5, 0.6) is 0 Å². The quantitative estimate of drug-likeness (QED) is 0.624. The van der Waals surface area contributed by atoms with Gasteiger partial charge in [-0.25, -0.2) is 4.98 Å². The molecule has 0 unspecified atom stereocenters. The summed E-state index contributed by atoms with van der Waals surface area (Å²) in [6.07, 6.45) is 1.51. The first-order valence-electron chi connectivity index (χ1n) is 10.9. The number of thiazole rings is 1. The van der Waals surface area contributed by atoms with Crippen molar-refractivity contribution in [1.82, 2.24) is 14.8 Å². The first-order chi connectivity index (χ1) is 15.1. The number of benzene rings is 2. The van der Waals surface area contributed by atoms with Crippen LogP contribution < -0.4 is 4.90 Å². The number of piperazine rings is 1. The number of aromatic nitrogens is 1. The number of carbonyl (C=O) groups excluding carboxylic acids is 2. The van der Waals surface area contributed by atoms with Gasteiger partial charge >= 0.3 is 0 Å². The highest BCUT2D eigenvalue weighted by atomic mass is 32.1. The number of carbonyl (C=O) groups is 2. The van der Waals surface area contributed by atoms with Gasteiger partial charge in [0.05, 0.1) is 16.3 Å². The largest absolute Gasteiger partial charge is 0.336 e. The Hall–Kier alpha value is -2.77. The van der Waals surface area contributed by atoms with Gasteiger partial charge in [-0.05, 0) is 49.7 Å². The van der Waals surface area contributed by atoms with Crippen LogP contribution >= 0.6 is 11.3 Å². The van der Waals surface area contributed by atoms with Crippen molar-refractivity contribution in [2.24, 2.45) is 0 Å². The molecule has 2 aliphatic heterocycles. The van der Waals surface area contributed by atoms with Crippen molar-refractivity contribution in [3.05, 3.63) is 59.1 Å². The first-order valence-corrected chi connectivity index (χ1v) is 11.7. The summed E-state index contributed by atoms with van der Waals surface area (Å²) in [6.45, 7) is 6.06. The lowest BCUT2D eigenvalue weighted by Gasteiger charge is -2.37. The topological polar surface area (TPSA) is 56.8 Å². The highest BCUT2D eigenvalue weighted by Gasteiger charge is 2.27. The van der Waals surface area contributed by atoms with Crippen LogP contribution in [0.2, 0.25) is 0 Å². The Kier molecular flexibility index (Phi) is 5.46. The molecule has 5 rings (SSSR count). The SMILES string of the molecule is C[C@H](c1nc2ccccc2s1)N1CCN(C(=O)c2ccc(N3CCCC3=O)cc2)CC1. The summed E-state index contributed by atoms with van der Waals surface area (Å²) in [4.78, 5) is 35.8. The Morgan fingerprint density at radius 3 is 2.42 bits per heavy atom. The van der Waals surface area contributed by atoms with E-state index >= 15 is 0 Å². The zero-order valence-corrected chi connectivity index (χ0v) is 18.5. The summed E-state index contributed by atoms with van der Waals surface area (Å²) in [7, 11) is 0. The van der Waals surface area contributed by atoms with E-state index in [0.29, 0.717) is 25.1 Å². The third-order valence-electron chi connectivity index (χ3n) is 6.32. The molecule has 3 heterocycles. The molecule has 2 aliphatic rings. The van der Waals surface area contributed by atoms with Crippen molar-refractivity contribution >= 4 is 39.1 Å². The Balaban J connectivity index is 1.20. The first kappa shape index (κ1) is 20.2. The van der Waals surface area contributed by atoms with Gasteiger partial charge < -0.3 is 9.80 Å². The van der Waals surface area contributed by atoms with E-state index in [9.17, 15) is 9.59 Å². The van der Waals surface area contributed by atoms with E-state index in [1.807, 2.05) is 35.2 Å². The lowest BCUT2D eigenvalue weighted by atomic mass is 10.1. The summed E-state index contributed by atoms with van der Waals surface area (Å²) < 4.78 is 1.22. The van der Waals surface area contributed by atoms with Crippen LogP contribution in [0.4, 0.5) is 5.69 Å². The van der Waals surface area contributed by atoms with E-state index in [1.54, 1.807) is 16.2 Å². The molecule has 0 N–H and O–H groups in total. The van der Waals surface area contributed by atoms with E-state index in [1.165, 1.54) is 4.70 Å². The molecule has 31 heavy (non-hydrogen) atoms. The molecule has 3 aromatic rings. The van der Waals surface area contributed by atoms with Crippen molar-refractivity contribution in [2.45, 2.75) is 25.8 Å². The molecule has 1 atom stereocenters. The van der Waals surface area contributed by atoms with Crippen molar-refractivity contribution < 1.29 is 9.59 Å². The molecule has 1 aromatic heterocycles. The molecule has 0 saturated carbocycles. The van der Waals surface area contributed by atoms with Crippen molar-refractivity contribution in [2.75, 3.05) is 37.6 Å². The van der Waals surface area contributed by atoms with Gasteiger partial charge in [0, 0.05) is 50.4 Å². The molecule has 0 spiro atoms. The van der Waals surface area contributed by atoms with Crippen LogP contribution in [0.25, 0.3) is 10.2 Å². The minimum Gasteiger partial charge on any atom is -0.336 e. The number of fused-ring (bicyclic) bond motifs is 1. The van der Waals surface area contributed by atoms with E-state index in [4.69, 9.17) is 4.98 Å². The van der Waals surface area contributed by atoms with Crippen molar-refractivity contribution in [3.63, 3.8) is 0 Å². The molecule has 6 nitrogen and oxygen atoms in total. The molecule has 0 radical (unpaired) electrons. The lowest BCUT2D eigenvalue weighted by Crippen LogP contribution is -2.49. The van der Waals surface area contributed by atoms with Crippen LogP contribution in [0.1, 0.15) is 41.2 Å². The van der Waals surface area contributed by atoms with Gasteiger partial charge in [-0.1, -0.05) is 12.1 Å². The molecule has 160 valence electrons. The Bertz CT molecular complexity index is 1070. The molecule has 2 amide bonds. The highest BCUT2D eigenvalue weighted by molar-refractivity contribution is 7.18. The fraction of sp³-hybridized carbons (Fsp3) is 0.375. The minimum atomic E-state index is 0.0617. The Labute approximate surface area is 186 Å². The maximum atomic E-state index is 13.0. The average molecular weight is 435 g/mol. The molecule has 0 bridgehead atoms. The highest BCUT2D eigenvalue weighted by Crippen LogP contribution is 2.30. The molecule has 2 fully saturated rings. The van der Waals surface area contributed by atoms with E-state index < -0.39 is 0 Å². The second-order valence-corrected chi connectivity index (χ2v) is 9.28. The van der Waals surface area contributed by atoms with Crippen molar-refractivity contribution in [3.8, 4) is 0 Å². The standard InChI is InChI=1S/C24H26N4O2S/c1-17(23-25-20-5-2-3-6-21(20)31-23)26-13-15-27(16-14-26)24(30)18-8-10-19(11-9-18)28-12-4-7-22(28)29/h2-3,5-6,8-11,17H,4,7,12-16H2,1H3/t17-/m1/s1. The van der Waals surface area contributed by atoms with Gasteiger partial charge in [0.25, 0.3) is 5.91 Å².